The SMILES string of the molecule is COC(=O)C1C=C(Oc2ccccc2)C(=O)C(Oc2ccccc2)C1. The van der Waals surface area contributed by atoms with Gasteiger partial charge in [-0.1, -0.05) is 36.4 Å². The quantitative estimate of drug-likeness (QED) is 0.784. The second kappa shape index (κ2) is 7.66. The number of rotatable bonds is 5. The van der Waals surface area contributed by atoms with Gasteiger partial charge >= 0.3 is 5.97 Å². The van der Waals surface area contributed by atoms with Crippen LogP contribution in [0.4, 0.5) is 0 Å². The largest absolute Gasteiger partial charge is 0.482 e. The maximum absolute atomic E-state index is 12.7. The second-order valence-corrected chi connectivity index (χ2v) is 5.60. The molecule has 0 spiro atoms. The summed E-state index contributed by atoms with van der Waals surface area (Å²) in [5.41, 5.74) is 0. The van der Waals surface area contributed by atoms with Crippen LogP contribution >= 0.6 is 0 Å². The number of benzene rings is 2. The van der Waals surface area contributed by atoms with Crippen LogP contribution in [-0.2, 0) is 14.3 Å². The highest BCUT2D eigenvalue weighted by molar-refractivity contribution is 6.00. The molecule has 5 nitrogen and oxygen atoms in total. The maximum Gasteiger partial charge on any atom is 0.312 e. The molecule has 0 saturated carbocycles. The Kier molecular flexibility index (Phi) is 5.14. The van der Waals surface area contributed by atoms with E-state index in [4.69, 9.17) is 14.2 Å². The number of ether oxygens (including phenoxy) is 3. The van der Waals surface area contributed by atoms with E-state index in [0.717, 1.165) is 0 Å². The molecule has 1 aliphatic rings. The fraction of sp³-hybridized carbons (Fsp3) is 0.200. The first-order valence-electron chi connectivity index (χ1n) is 7.96. The standard InChI is InChI=1S/C20H18O5/c1-23-20(22)14-12-17(24-15-8-4-2-5-9-15)19(21)18(13-14)25-16-10-6-3-7-11-16/h2-12,14,18H,13H2,1H3. The molecule has 25 heavy (non-hydrogen) atoms. The highest BCUT2D eigenvalue weighted by Gasteiger charge is 2.37. The number of carbonyl (C=O) groups is 2. The lowest BCUT2D eigenvalue weighted by molar-refractivity contribution is -0.145. The van der Waals surface area contributed by atoms with Crippen molar-refractivity contribution in [2.45, 2.75) is 12.5 Å². The molecule has 2 atom stereocenters. The van der Waals surface area contributed by atoms with E-state index in [0.29, 0.717) is 11.5 Å². The van der Waals surface area contributed by atoms with E-state index < -0.39 is 18.0 Å². The van der Waals surface area contributed by atoms with Gasteiger partial charge in [-0.15, -0.1) is 0 Å². The zero-order valence-electron chi connectivity index (χ0n) is 13.8. The van der Waals surface area contributed by atoms with Crippen LogP contribution in [0, 0.1) is 5.92 Å². The molecule has 0 bridgehead atoms. The van der Waals surface area contributed by atoms with Gasteiger partial charge in [0.25, 0.3) is 0 Å². The van der Waals surface area contributed by atoms with E-state index in [2.05, 4.69) is 0 Å². The Morgan fingerprint density at radius 3 is 2.16 bits per heavy atom. The lowest BCUT2D eigenvalue weighted by atomic mass is 9.91. The van der Waals surface area contributed by atoms with Crippen LogP contribution in [0.15, 0.2) is 72.5 Å². The van der Waals surface area contributed by atoms with E-state index in [1.54, 1.807) is 36.4 Å². The van der Waals surface area contributed by atoms with Crippen LogP contribution in [0.1, 0.15) is 6.42 Å². The van der Waals surface area contributed by atoms with E-state index >= 15 is 0 Å². The summed E-state index contributed by atoms with van der Waals surface area (Å²) in [5.74, 6) is -0.156. The molecule has 2 unspecified atom stereocenters. The summed E-state index contributed by atoms with van der Waals surface area (Å²) in [6.07, 6.45) is 0.906. The highest BCUT2D eigenvalue weighted by atomic mass is 16.5. The molecule has 3 rings (SSSR count). The van der Waals surface area contributed by atoms with Crippen LogP contribution in [-0.4, -0.2) is 25.0 Å². The number of hydrogen-bond acceptors (Lipinski definition) is 5. The first-order valence-corrected chi connectivity index (χ1v) is 7.96. The summed E-state index contributed by atoms with van der Waals surface area (Å²) in [4.78, 5) is 24.7. The number of esters is 1. The Hall–Kier alpha value is -3.08. The zero-order valence-corrected chi connectivity index (χ0v) is 13.8. The Balaban J connectivity index is 1.85. The monoisotopic (exact) mass is 338 g/mol. The topological polar surface area (TPSA) is 61.8 Å². The van der Waals surface area contributed by atoms with Crippen molar-refractivity contribution in [2.75, 3.05) is 7.11 Å². The molecule has 0 amide bonds. The molecule has 0 N–H and O–H groups in total. The molecule has 0 aliphatic heterocycles. The summed E-state index contributed by atoms with van der Waals surface area (Å²) >= 11 is 0. The lowest BCUT2D eigenvalue weighted by Gasteiger charge is -2.26. The van der Waals surface area contributed by atoms with Crippen molar-refractivity contribution in [3.63, 3.8) is 0 Å². The van der Waals surface area contributed by atoms with Crippen LogP contribution in [0.25, 0.3) is 0 Å². The number of methoxy groups -OCH3 is 1. The normalized spacial score (nSPS) is 19.7. The van der Waals surface area contributed by atoms with Gasteiger partial charge in [0.2, 0.25) is 5.78 Å². The van der Waals surface area contributed by atoms with Crippen molar-refractivity contribution >= 4 is 11.8 Å². The predicted molar refractivity (Wildman–Crippen MR) is 91.1 cm³/mol. The molecule has 0 radical (unpaired) electrons. The molecule has 0 heterocycles. The maximum atomic E-state index is 12.7. The summed E-state index contributed by atoms with van der Waals surface area (Å²) in [6, 6.07) is 17.9. The minimum absolute atomic E-state index is 0.0915. The van der Waals surface area contributed by atoms with Gasteiger partial charge in [-0.3, -0.25) is 9.59 Å². The summed E-state index contributed by atoms with van der Waals surface area (Å²) in [5, 5.41) is 0. The predicted octanol–water partition coefficient (Wildman–Crippen LogP) is 3.16. The summed E-state index contributed by atoms with van der Waals surface area (Å²) in [6.45, 7) is 0. The van der Waals surface area contributed by atoms with Crippen LogP contribution in [0.5, 0.6) is 11.5 Å². The molecule has 128 valence electrons. The molecular weight excluding hydrogens is 320 g/mol. The third-order valence-electron chi connectivity index (χ3n) is 3.85. The average molecular weight is 338 g/mol. The van der Waals surface area contributed by atoms with Gasteiger partial charge < -0.3 is 14.2 Å². The third-order valence-corrected chi connectivity index (χ3v) is 3.85. The van der Waals surface area contributed by atoms with Crippen molar-refractivity contribution in [1.82, 2.24) is 0 Å². The zero-order chi connectivity index (χ0) is 17.6. The van der Waals surface area contributed by atoms with Crippen LogP contribution in [0.2, 0.25) is 0 Å². The fourth-order valence-electron chi connectivity index (χ4n) is 2.61. The molecule has 5 heteroatoms. The van der Waals surface area contributed by atoms with E-state index in [-0.39, 0.29) is 18.0 Å². The van der Waals surface area contributed by atoms with E-state index in [1.807, 2.05) is 24.3 Å². The van der Waals surface area contributed by atoms with Crippen LogP contribution < -0.4 is 9.47 Å². The summed E-state index contributed by atoms with van der Waals surface area (Å²) in [7, 11) is 1.32. The van der Waals surface area contributed by atoms with Crippen molar-refractivity contribution in [3.8, 4) is 11.5 Å². The molecule has 0 saturated heterocycles. The number of carbonyl (C=O) groups excluding carboxylic acids is 2. The number of ketones is 1. The van der Waals surface area contributed by atoms with Crippen molar-refractivity contribution in [1.29, 1.82) is 0 Å². The molecular formula is C20H18O5. The van der Waals surface area contributed by atoms with Crippen molar-refractivity contribution in [3.05, 3.63) is 72.5 Å². The van der Waals surface area contributed by atoms with Gasteiger partial charge in [0, 0.05) is 6.42 Å². The van der Waals surface area contributed by atoms with Gasteiger partial charge in [-0.2, -0.15) is 0 Å². The number of Topliss-reactive ketones (excluding diaryl/α,β-unsaturated/α-hetero) is 1. The Morgan fingerprint density at radius 1 is 0.960 bits per heavy atom. The Morgan fingerprint density at radius 2 is 1.56 bits per heavy atom. The lowest BCUT2D eigenvalue weighted by Crippen LogP contribution is -2.38. The fourth-order valence-corrected chi connectivity index (χ4v) is 2.61. The molecule has 0 aromatic heterocycles. The van der Waals surface area contributed by atoms with E-state index in [9.17, 15) is 9.59 Å². The Labute approximate surface area is 145 Å². The second-order valence-electron chi connectivity index (χ2n) is 5.60. The highest BCUT2D eigenvalue weighted by Crippen LogP contribution is 2.27. The van der Waals surface area contributed by atoms with E-state index in [1.165, 1.54) is 13.2 Å². The summed E-state index contributed by atoms with van der Waals surface area (Å²) < 4.78 is 16.3. The van der Waals surface area contributed by atoms with Crippen molar-refractivity contribution < 1.29 is 23.8 Å². The number of para-hydroxylation sites is 2. The molecule has 2 aromatic rings. The average Bonchev–Trinajstić information content (AvgIpc) is 2.66. The first-order chi connectivity index (χ1) is 12.2. The molecule has 2 aromatic carbocycles. The van der Waals surface area contributed by atoms with Gasteiger partial charge in [-0.05, 0) is 30.3 Å². The third kappa shape index (κ3) is 4.07. The van der Waals surface area contributed by atoms with Crippen molar-refractivity contribution in [2.24, 2.45) is 5.92 Å². The molecule has 1 aliphatic carbocycles. The minimum atomic E-state index is -0.810. The van der Waals surface area contributed by atoms with Gasteiger partial charge in [0.1, 0.15) is 11.5 Å². The number of hydrogen-bond donors (Lipinski definition) is 0. The first kappa shape index (κ1) is 16.8. The van der Waals surface area contributed by atoms with Gasteiger partial charge in [-0.25, -0.2) is 0 Å². The Bertz CT molecular complexity index is 767. The van der Waals surface area contributed by atoms with Crippen LogP contribution in [0.3, 0.4) is 0 Å². The van der Waals surface area contributed by atoms with Gasteiger partial charge in [0.15, 0.2) is 11.9 Å². The molecule has 0 fully saturated rings. The minimum Gasteiger partial charge on any atom is -0.482 e. The smallest absolute Gasteiger partial charge is 0.312 e. The van der Waals surface area contributed by atoms with Gasteiger partial charge in [0.05, 0.1) is 13.0 Å².